The molecule has 30 heavy (non-hydrogen) atoms. The van der Waals surface area contributed by atoms with Crippen LogP contribution in [0.5, 0.6) is 5.75 Å². The molecule has 1 aromatic heterocycles. The number of tetrazole rings is 1. The maximum atomic E-state index is 13.9. The van der Waals surface area contributed by atoms with Crippen LogP contribution in [-0.4, -0.2) is 68.7 Å². The van der Waals surface area contributed by atoms with Gasteiger partial charge in [0.15, 0.2) is 5.82 Å². The number of hydrogen-bond donors (Lipinski definition) is 0. The Hall–Kier alpha value is -3.33. The second-order valence-electron chi connectivity index (χ2n) is 6.98. The molecule has 1 aliphatic heterocycles. The molecule has 1 saturated heterocycles. The monoisotopic (exact) mass is 410 g/mol. The number of aromatic nitrogens is 4. The maximum absolute atomic E-state index is 13.9. The van der Waals surface area contributed by atoms with E-state index in [1.165, 1.54) is 12.1 Å². The van der Waals surface area contributed by atoms with Crippen molar-refractivity contribution in [3.05, 3.63) is 65.7 Å². The van der Waals surface area contributed by atoms with Crippen molar-refractivity contribution >= 4 is 5.91 Å². The predicted molar refractivity (Wildman–Crippen MR) is 108 cm³/mol. The van der Waals surface area contributed by atoms with Gasteiger partial charge in [0.1, 0.15) is 11.6 Å². The maximum Gasteiger partial charge on any atom is 0.256 e. The van der Waals surface area contributed by atoms with Crippen molar-refractivity contribution in [3.63, 3.8) is 0 Å². The van der Waals surface area contributed by atoms with Gasteiger partial charge in [-0.25, -0.2) is 4.39 Å². The standard InChI is InChI=1S/C21H23FN6O2/c1-2-30-17-9-7-16(8-10-17)28-20(23-24-25-28)15-26-11-13-27(14-12-26)21(29)18-5-3-4-6-19(18)22/h3-10H,2,11-15H2,1H3. The first kappa shape index (κ1) is 20.0. The van der Waals surface area contributed by atoms with E-state index >= 15 is 0 Å². The smallest absolute Gasteiger partial charge is 0.256 e. The highest BCUT2D eigenvalue weighted by Crippen LogP contribution is 2.17. The van der Waals surface area contributed by atoms with E-state index < -0.39 is 5.82 Å². The fraction of sp³-hybridized carbons (Fsp3) is 0.333. The van der Waals surface area contributed by atoms with E-state index in [9.17, 15) is 9.18 Å². The Kier molecular flexibility index (Phi) is 5.99. The third kappa shape index (κ3) is 4.30. The minimum absolute atomic E-state index is 0.116. The van der Waals surface area contributed by atoms with Gasteiger partial charge >= 0.3 is 0 Å². The molecule has 2 aromatic carbocycles. The first-order valence-corrected chi connectivity index (χ1v) is 9.92. The fourth-order valence-electron chi connectivity index (χ4n) is 3.47. The minimum atomic E-state index is -0.487. The van der Waals surface area contributed by atoms with E-state index in [1.54, 1.807) is 21.7 Å². The Morgan fingerprint density at radius 1 is 1.07 bits per heavy atom. The quantitative estimate of drug-likeness (QED) is 0.620. The summed E-state index contributed by atoms with van der Waals surface area (Å²) in [6.45, 7) is 5.49. The summed E-state index contributed by atoms with van der Waals surface area (Å²) in [5.41, 5.74) is 0.970. The summed E-state index contributed by atoms with van der Waals surface area (Å²) >= 11 is 0. The van der Waals surface area contributed by atoms with Gasteiger partial charge in [0.25, 0.3) is 5.91 Å². The minimum Gasteiger partial charge on any atom is -0.494 e. The molecular formula is C21H23FN6O2. The number of ether oxygens (including phenoxy) is 1. The van der Waals surface area contributed by atoms with E-state index in [0.717, 1.165) is 11.4 Å². The molecule has 0 atom stereocenters. The van der Waals surface area contributed by atoms with Gasteiger partial charge in [-0.3, -0.25) is 9.69 Å². The van der Waals surface area contributed by atoms with Gasteiger partial charge in [0, 0.05) is 26.2 Å². The lowest BCUT2D eigenvalue weighted by atomic mass is 10.1. The van der Waals surface area contributed by atoms with Gasteiger partial charge in [-0.2, -0.15) is 4.68 Å². The topological polar surface area (TPSA) is 76.4 Å². The normalized spacial score (nSPS) is 14.7. The summed E-state index contributed by atoms with van der Waals surface area (Å²) in [5.74, 6) is 0.756. The Morgan fingerprint density at radius 2 is 1.80 bits per heavy atom. The first-order valence-electron chi connectivity index (χ1n) is 9.92. The number of hydrogen-bond acceptors (Lipinski definition) is 6. The summed E-state index contributed by atoms with van der Waals surface area (Å²) in [6, 6.07) is 13.7. The molecule has 9 heteroatoms. The largest absolute Gasteiger partial charge is 0.494 e. The second kappa shape index (κ2) is 9.00. The molecule has 0 bridgehead atoms. The average molecular weight is 410 g/mol. The molecule has 1 amide bonds. The third-order valence-electron chi connectivity index (χ3n) is 5.06. The van der Waals surface area contributed by atoms with Crippen molar-refractivity contribution in [3.8, 4) is 11.4 Å². The molecule has 156 valence electrons. The predicted octanol–water partition coefficient (Wildman–Crippen LogP) is 2.16. The highest BCUT2D eigenvalue weighted by atomic mass is 19.1. The van der Waals surface area contributed by atoms with Crippen LogP contribution >= 0.6 is 0 Å². The lowest BCUT2D eigenvalue weighted by molar-refractivity contribution is 0.0620. The molecule has 1 aliphatic rings. The number of amides is 1. The van der Waals surface area contributed by atoms with E-state index in [4.69, 9.17) is 4.74 Å². The number of carbonyl (C=O) groups is 1. The van der Waals surface area contributed by atoms with Gasteiger partial charge in [-0.05, 0) is 53.7 Å². The molecule has 0 spiro atoms. The van der Waals surface area contributed by atoms with Crippen LogP contribution in [0.4, 0.5) is 4.39 Å². The molecule has 2 heterocycles. The van der Waals surface area contributed by atoms with E-state index in [0.29, 0.717) is 45.2 Å². The average Bonchev–Trinajstić information content (AvgIpc) is 3.23. The third-order valence-corrected chi connectivity index (χ3v) is 5.06. The molecule has 4 rings (SSSR count). The SMILES string of the molecule is CCOc1ccc(-n2nnnc2CN2CCN(C(=O)c3ccccc3F)CC2)cc1. The van der Waals surface area contributed by atoms with Gasteiger partial charge in [0.2, 0.25) is 0 Å². The Labute approximate surface area is 173 Å². The zero-order valence-corrected chi connectivity index (χ0v) is 16.7. The zero-order chi connectivity index (χ0) is 20.9. The summed E-state index contributed by atoms with van der Waals surface area (Å²) in [7, 11) is 0. The lowest BCUT2D eigenvalue weighted by Crippen LogP contribution is -2.48. The van der Waals surface area contributed by atoms with Crippen molar-refractivity contribution in [2.75, 3.05) is 32.8 Å². The van der Waals surface area contributed by atoms with Crippen LogP contribution in [0.25, 0.3) is 5.69 Å². The van der Waals surface area contributed by atoms with Crippen LogP contribution in [0.15, 0.2) is 48.5 Å². The second-order valence-corrected chi connectivity index (χ2v) is 6.98. The van der Waals surface area contributed by atoms with Gasteiger partial charge < -0.3 is 9.64 Å². The van der Waals surface area contributed by atoms with Crippen molar-refractivity contribution in [2.45, 2.75) is 13.5 Å². The summed E-state index contributed by atoms with van der Waals surface area (Å²) in [4.78, 5) is 16.4. The van der Waals surface area contributed by atoms with E-state index in [2.05, 4.69) is 20.4 Å². The van der Waals surface area contributed by atoms with Crippen LogP contribution in [0.1, 0.15) is 23.1 Å². The van der Waals surface area contributed by atoms with Crippen LogP contribution in [-0.2, 0) is 6.54 Å². The number of halogens is 1. The number of rotatable bonds is 6. The van der Waals surface area contributed by atoms with Crippen LogP contribution < -0.4 is 4.74 Å². The van der Waals surface area contributed by atoms with Gasteiger partial charge in [0.05, 0.1) is 24.4 Å². The molecule has 0 radical (unpaired) electrons. The van der Waals surface area contributed by atoms with Gasteiger partial charge in [-0.15, -0.1) is 5.10 Å². The first-order chi connectivity index (χ1) is 14.7. The molecule has 0 N–H and O–H groups in total. The molecule has 8 nitrogen and oxygen atoms in total. The fourth-order valence-corrected chi connectivity index (χ4v) is 3.47. The Morgan fingerprint density at radius 3 is 2.50 bits per heavy atom. The van der Waals surface area contributed by atoms with Gasteiger partial charge in [-0.1, -0.05) is 12.1 Å². The highest BCUT2D eigenvalue weighted by Gasteiger charge is 2.25. The molecule has 0 saturated carbocycles. The Bertz CT molecular complexity index is 999. The van der Waals surface area contributed by atoms with Crippen molar-refractivity contribution in [1.29, 1.82) is 0 Å². The van der Waals surface area contributed by atoms with Crippen LogP contribution in [0, 0.1) is 5.82 Å². The summed E-state index contributed by atoms with van der Waals surface area (Å²) < 4.78 is 21.1. The molecular weight excluding hydrogens is 387 g/mol. The summed E-state index contributed by atoms with van der Waals surface area (Å²) in [5, 5.41) is 12.1. The Balaban J connectivity index is 1.38. The number of benzene rings is 2. The lowest BCUT2D eigenvalue weighted by Gasteiger charge is -2.34. The molecule has 3 aromatic rings. The molecule has 0 aliphatic carbocycles. The number of carbonyl (C=O) groups excluding carboxylic acids is 1. The van der Waals surface area contributed by atoms with E-state index in [-0.39, 0.29) is 11.5 Å². The highest BCUT2D eigenvalue weighted by molar-refractivity contribution is 5.94. The molecule has 0 unspecified atom stereocenters. The number of nitrogens with zero attached hydrogens (tertiary/aromatic N) is 6. The van der Waals surface area contributed by atoms with Crippen LogP contribution in [0.3, 0.4) is 0 Å². The molecule has 1 fully saturated rings. The van der Waals surface area contributed by atoms with Crippen LogP contribution in [0.2, 0.25) is 0 Å². The summed E-state index contributed by atoms with van der Waals surface area (Å²) in [6.07, 6.45) is 0. The number of piperazine rings is 1. The van der Waals surface area contributed by atoms with Crippen molar-refractivity contribution < 1.29 is 13.9 Å². The van der Waals surface area contributed by atoms with Crippen molar-refractivity contribution in [1.82, 2.24) is 30.0 Å². The van der Waals surface area contributed by atoms with E-state index in [1.807, 2.05) is 31.2 Å². The van der Waals surface area contributed by atoms with Crippen molar-refractivity contribution in [2.24, 2.45) is 0 Å². The zero-order valence-electron chi connectivity index (χ0n) is 16.7.